The number of allylic oxidation sites excluding steroid dienone is 1. The van der Waals surface area contributed by atoms with E-state index < -0.39 is 30.7 Å². The van der Waals surface area contributed by atoms with Crippen LogP contribution in [0.1, 0.15) is 169 Å². The smallest absolute Gasteiger partial charge is 0.192 e. The lowest BCUT2D eigenvalue weighted by Crippen LogP contribution is -2.72. The Hall–Kier alpha value is -2.04. The van der Waals surface area contributed by atoms with Gasteiger partial charge in [0.15, 0.2) is 8.32 Å². The maximum absolute atomic E-state index is 7.44. The second-order valence-corrected chi connectivity index (χ2v) is 31.0. The average Bonchev–Trinajstić information content (AvgIpc) is 3.59. The number of unbranched alkanes of at least 4 members (excludes halogenated alkanes) is 3. The van der Waals surface area contributed by atoms with Crippen LogP contribution in [0.4, 0.5) is 0 Å². The summed E-state index contributed by atoms with van der Waals surface area (Å²) in [6.45, 7) is 24.8. The molecule has 74 heavy (non-hydrogen) atoms. The Morgan fingerprint density at radius 3 is 2.07 bits per heavy atom. The lowest BCUT2D eigenvalue weighted by Gasteiger charge is -2.62. The topological polar surface area (TPSA) is 102 Å². The van der Waals surface area contributed by atoms with Crippen molar-refractivity contribution >= 4 is 8.32 Å². The van der Waals surface area contributed by atoms with Gasteiger partial charge >= 0.3 is 0 Å². The quantitative estimate of drug-likeness (QED) is 0.0912. The Morgan fingerprint density at radius 1 is 0.635 bits per heavy atom. The number of hydrogen-bond acceptors (Lipinski definition) is 11. The fourth-order valence-corrected chi connectivity index (χ4v) is 15.4. The highest BCUT2D eigenvalue weighted by Crippen LogP contribution is 2.55. The fourth-order valence-electron chi connectivity index (χ4n) is 14.1. The summed E-state index contributed by atoms with van der Waals surface area (Å²) in [4.78, 5) is 0. The molecule has 2 aromatic rings. The Bertz CT molecular complexity index is 2150. The van der Waals surface area contributed by atoms with Crippen molar-refractivity contribution in [3.05, 3.63) is 83.9 Å². The summed E-state index contributed by atoms with van der Waals surface area (Å²) in [6.07, 6.45) is 17.9. The number of benzene rings is 2. The number of hydrogen-bond donors (Lipinski definition) is 0. The van der Waals surface area contributed by atoms with Crippen molar-refractivity contribution in [2.45, 2.75) is 297 Å². The van der Waals surface area contributed by atoms with Crippen LogP contribution in [-0.4, -0.2) is 123 Å². The zero-order valence-corrected chi connectivity index (χ0v) is 47.9. The first-order valence-corrected chi connectivity index (χ1v) is 32.2. The lowest BCUT2D eigenvalue weighted by molar-refractivity contribution is -0.373. The highest BCUT2D eigenvalue weighted by Gasteiger charge is 2.65. The Balaban J connectivity index is 0.800. The summed E-state index contributed by atoms with van der Waals surface area (Å²) < 4.78 is 78.3. The van der Waals surface area contributed by atoms with Crippen LogP contribution in [0.25, 0.3) is 0 Å². The maximum atomic E-state index is 7.44. The van der Waals surface area contributed by atoms with Crippen LogP contribution in [0.2, 0.25) is 18.1 Å². The molecule has 0 aliphatic carbocycles. The van der Waals surface area contributed by atoms with E-state index in [1.807, 2.05) is 6.07 Å². The van der Waals surface area contributed by atoms with Gasteiger partial charge in [-0.3, -0.25) is 0 Å². The molecular formula is C62H94O11Si. The molecule has 8 fully saturated rings. The van der Waals surface area contributed by atoms with Crippen molar-refractivity contribution in [1.29, 1.82) is 0 Å². The van der Waals surface area contributed by atoms with Crippen LogP contribution in [0.15, 0.2) is 72.8 Å². The Morgan fingerprint density at radius 2 is 1.32 bits per heavy atom. The van der Waals surface area contributed by atoms with E-state index in [0.29, 0.717) is 19.8 Å². The minimum atomic E-state index is -2.06. The standard InChI is InChI=1S/C62H94O11Si/c1-11-12-13-14-21-28-45-48(72-74(9,10)58(2,3)4)30-29-47-50(66-45)36-54-61(7,70-47)41-60(6)53(69-54)32-31-46-51(71-60)35-49-52(67-46)38-59(5)55(68-49)37-57-62(8,73-59)56(64-40-43-25-19-16-20-26-43)34-44(65-57)27-22-33-63-39-42-23-17-15-18-24-42/h15-21,23-26,28,44-57H,11-14,22,27,29-41H2,1-10H3/b28-21-/t44-,45+,46+,47+,48-,49+,50-,51-,52-,53-,54+,55-,56-,57+,59+,60+,61-,62-/m0/s1. The maximum Gasteiger partial charge on any atom is 0.192 e. The number of ether oxygens (including phenoxy) is 10. The molecule has 10 rings (SSSR count). The first-order valence-electron chi connectivity index (χ1n) is 29.3. The molecule has 412 valence electrons. The zero-order valence-electron chi connectivity index (χ0n) is 46.9. The minimum Gasteiger partial charge on any atom is -0.411 e. The van der Waals surface area contributed by atoms with Gasteiger partial charge in [-0.25, -0.2) is 0 Å². The van der Waals surface area contributed by atoms with E-state index in [9.17, 15) is 0 Å². The van der Waals surface area contributed by atoms with Gasteiger partial charge in [0, 0.05) is 45.1 Å². The molecule has 0 unspecified atom stereocenters. The molecule has 0 radical (unpaired) electrons. The van der Waals surface area contributed by atoms with Crippen molar-refractivity contribution in [1.82, 2.24) is 0 Å². The van der Waals surface area contributed by atoms with Gasteiger partial charge in [-0.1, -0.05) is 113 Å². The van der Waals surface area contributed by atoms with Crippen molar-refractivity contribution in [2.24, 2.45) is 0 Å². The van der Waals surface area contributed by atoms with Crippen LogP contribution in [0.5, 0.6) is 0 Å². The van der Waals surface area contributed by atoms with Gasteiger partial charge in [0.05, 0.1) is 109 Å². The molecule has 0 saturated carbocycles. The highest BCUT2D eigenvalue weighted by atomic mass is 28.4. The normalized spacial score (nSPS) is 42.3. The van der Waals surface area contributed by atoms with Crippen molar-refractivity contribution in [3.8, 4) is 0 Å². The molecule has 8 aliphatic rings. The van der Waals surface area contributed by atoms with Crippen LogP contribution < -0.4 is 0 Å². The summed E-state index contributed by atoms with van der Waals surface area (Å²) >= 11 is 0. The van der Waals surface area contributed by atoms with Crippen molar-refractivity contribution < 1.29 is 51.8 Å². The molecule has 0 bridgehead atoms. The van der Waals surface area contributed by atoms with Crippen LogP contribution >= 0.6 is 0 Å². The molecule has 0 amide bonds. The summed E-state index contributed by atoms with van der Waals surface area (Å²) in [5.74, 6) is 0. The first kappa shape index (κ1) is 55.3. The van der Waals surface area contributed by atoms with Gasteiger partial charge < -0.3 is 51.8 Å². The molecule has 11 nitrogen and oxygen atoms in total. The minimum absolute atomic E-state index is 0.00383. The second kappa shape index (κ2) is 22.6. The molecule has 12 heteroatoms. The SMILES string of the molecule is CCCCC/C=C\[C@H]1O[C@H]2C[C@H]3O[C@H]4CC[C@H]5O[C@H]6C[C@@]7(C)O[C@@]8(C)[C@@H](OCc9ccccc9)C[C@H](CCCOCc9ccccc9)O[C@@H]8C[C@@H]7O[C@@H]6C[C@@H]5O[C@]4(C)C[C@]3(C)O[C@@H]2CC[C@@H]1O[Si](C)(C)C(C)(C)C. The molecule has 2 aromatic carbocycles. The first-order chi connectivity index (χ1) is 35.4. The summed E-state index contributed by atoms with van der Waals surface area (Å²) in [5, 5.41) is 0.106. The molecule has 8 saturated heterocycles. The molecular weight excluding hydrogens is 949 g/mol. The van der Waals surface area contributed by atoms with Gasteiger partial charge in [-0.2, -0.15) is 0 Å². The van der Waals surface area contributed by atoms with E-state index in [2.05, 4.69) is 135 Å². The Kier molecular flexibility index (Phi) is 16.9. The zero-order chi connectivity index (χ0) is 51.9. The third-order valence-electron chi connectivity index (χ3n) is 19.3. The number of rotatable bonds is 16. The summed E-state index contributed by atoms with van der Waals surface area (Å²) in [5.41, 5.74) is 0.0261. The third-order valence-corrected chi connectivity index (χ3v) is 23.8. The predicted octanol–water partition coefficient (Wildman–Crippen LogP) is 12.7. The summed E-state index contributed by atoms with van der Waals surface area (Å²) in [6, 6.07) is 20.9. The van der Waals surface area contributed by atoms with Crippen molar-refractivity contribution in [2.75, 3.05) is 6.61 Å². The van der Waals surface area contributed by atoms with E-state index >= 15 is 0 Å². The largest absolute Gasteiger partial charge is 0.411 e. The monoisotopic (exact) mass is 1040 g/mol. The lowest BCUT2D eigenvalue weighted by atomic mass is 9.72. The van der Waals surface area contributed by atoms with Gasteiger partial charge in [-0.15, -0.1) is 0 Å². The van der Waals surface area contributed by atoms with Gasteiger partial charge in [-0.05, 0) is 108 Å². The Labute approximate surface area is 446 Å². The molecule has 0 spiro atoms. The highest BCUT2D eigenvalue weighted by molar-refractivity contribution is 6.74. The summed E-state index contributed by atoms with van der Waals surface area (Å²) in [7, 11) is -2.06. The fraction of sp³-hybridized carbons (Fsp3) is 0.774. The molecule has 18 atom stereocenters. The van der Waals surface area contributed by atoms with E-state index in [4.69, 9.17) is 51.8 Å². The average molecular weight is 1040 g/mol. The van der Waals surface area contributed by atoms with Gasteiger partial charge in [0.2, 0.25) is 0 Å². The van der Waals surface area contributed by atoms with Crippen molar-refractivity contribution in [3.63, 3.8) is 0 Å². The third kappa shape index (κ3) is 11.9. The molecule has 8 aliphatic heterocycles. The number of fused-ring (bicyclic) bond motifs is 7. The van der Waals surface area contributed by atoms with Gasteiger partial charge in [0.1, 0.15) is 11.7 Å². The van der Waals surface area contributed by atoms with Gasteiger partial charge in [0.25, 0.3) is 0 Å². The molecule has 8 heterocycles. The van der Waals surface area contributed by atoms with E-state index in [1.54, 1.807) is 0 Å². The predicted molar refractivity (Wildman–Crippen MR) is 290 cm³/mol. The van der Waals surface area contributed by atoms with E-state index in [0.717, 1.165) is 89.0 Å². The second-order valence-electron chi connectivity index (χ2n) is 26.2. The van der Waals surface area contributed by atoms with Crippen LogP contribution in [0, 0.1) is 0 Å². The van der Waals surface area contributed by atoms with E-state index in [-0.39, 0.29) is 90.5 Å². The van der Waals surface area contributed by atoms with Crippen LogP contribution in [0.3, 0.4) is 0 Å². The van der Waals surface area contributed by atoms with Crippen LogP contribution in [-0.2, 0) is 65.0 Å². The molecule has 0 aromatic heterocycles. The van der Waals surface area contributed by atoms with E-state index in [1.165, 1.54) is 24.8 Å². The molecule has 0 N–H and O–H groups in total.